The summed E-state index contributed by atoms with van der Waals surface area (Å²) in [5.41, 5.74) is 6.67. The minimum absolute atomic E-state index is 0.139. The van der Waals surface area contributed by atoms with Gasteiger partial charge in [0, 0.05) is 32.4 Å². The van der Waals surface area contributed by atoms with Crippen molar-refractivity contribution in [3.05, 3.63) is 24.0 Å². The van der Waals surface area contributed by atoms with E-state index < -0.39 is 0 Å². The molecule has 2 heterocycles. The zero-order valence-corrected chi connectivity index (χ0v) is 10.6. The summed E-state index contributed by atoms with van der Waals surface area (Å²) < 4.78 is 1.87. The van der Waals surface area contributed by atoms with Gasteiger partial charge in [0.05, 0.1) is 0 Å². The van der Waals surface area contributed by atoms with Crippen molar-refractivity contribution in [2.45, 2.75) is 25.8 Å². The Bertz CT molecular complexity index is 389. The molecule has 2 rings (SSSR count). The first kappa shape index (κ1) is 12.2. The molecule has 1 fully saturated rings. The van der Waals surface area contributed by atoms with Crippen LogP contribution in [0, 0.1) is 5.92 Å². The number of hydrogen-bond acceptors (Lipinski definition) is 2. The van der Waals surface area contributed by atoms with Gasteiger partial charge in [0.25, 0.3) is 5.91 Å². The summed E-state index contributed by atoms with van der Waals surface area (Å²) in [7, 11) is 1.90. The highest BCUT2D eigenvalue weighted by Crippen LogP contribution is 2.20. The summed E-state index contributed by atoms with van der Waals surface area (Å²) in [6.07, 6.45) is 3.95. The van der Waals surface area contributed by atoms with E-state index in [1.807, 2.05) is 34.8 Å². The minimum atomic E-state index is 0.139. The molecule has 94 valence electrons. The second-order valence-electron chi connectivity index (χ2n) is 4.99. The first-order valence-corrected chi connectivity index (χ1v) is 6.26. The number of amides is 1. The summed E-state index contributed by atoms with van der Waals surface area (Å²) in [5, 5.41) is 0. The van der Waals surface area contributed by atoms with E-state index in [1.54, 1.807) is 0 Å². The first-order valence-electron chi connectivity index (χ1n) is 6.26. The number of piperidine rings is 1. The van der Waals surface area contributed by atoms with Crippen molar-refractivity contribution in [3.8, 4) is 0 Å². The van der Waals surface area contributed by atoms with Crippen molar-refractivity contribution in [3.63, 3.8) is 0 Å². The van der Waals surface area contributed by atoms with E-state index in [-0.39, 0.29) is 11.9 Å². The van der Waals surface area contributed by atoms with Gasteiger partial charge in [-0.1, -0.05) is 0 Å². The number of aryl methyl sites for hydroxylation is 1. The molecule has 0 radical (unpaired) electrons. The quantitative estimate of drug-likeness (QED) is 0.838. The van der Waals surface area contributed by atoms with E-state index in [0.29, 0.717) is 5.92 Å². The average Bonchev–Trinajstić information content (AvgIpc) is 2.74. The number of nitrogens with two attached hydrogens (primary N) is 1. The zero-order chi connectivity index (χ0) is 12.4. The number of likely N-dealkylation sites (tertiary alicyclic amines) is 1. The summed E-state index contributed by atoms with van der Waals surface area (Å²) >= 11 is 0. The van der Waals surface area contributed by atoms with Gasteiger partial charge in [-0.2, -0.15) is 0 Å². The highest BCUT2D eigenvalue weighted by atomic mass is 16.2. The maximum Gasteiger partial charge on any atom is 0.270 e. The second-order valence-corrected chi connectivity index (χ2v) is 4.99. The first-order chi connectivity index (χ1) is 8.09. The molecule has 4 heteroatoms. The Morgan fingerprint density at radius 3 is 2.59 bits per heavy atom. The SMILES string of the molecule is CC(N)C1CCN(C(=O)c2cccn2C)CC1. The van der Waals surface area contributed by atoms with Crippen molar-refractivity contribution < 1.29 is 4.79 Å². The van der Waals surface area contributed by atoms with Crippen molar-refractivity contribution in [1.82, 2.24) is 9.47 Å². The monoisotopic (exact) mass is 235 g/mol. The highest BCUT2D eigenvalue weighted by Gasteiger charge is 2.26. The molecular formula is C13H21N3O. The minimum Gasteiger partial charge on any atom is -0.347 e. The Labute approximate surface area is 102 Å². The molecule has 0 aliphatic carbocycles. The van der Waals surface area contributed by atoms with Gasteiger partial charge in [-0.3, -0.25) is 4.79 Å². The lowest BCUT2D eigenvalue weighted by molar-refractivity contribution is 0.0671. The molecule has 2 N–H and O–H groups in total. The van der Waals surface area contributed by atoms with E-state index in [9.17, 15) is 4.79 Å². The Balaban J connectivity index is 1.98. The summed E-state index contributed by atoms with van der Waals surface area (Å²) in [4.78, 5) is 14.2. The molecule has 1 saturated heterocycles. The number of aromatic nitrogens is 1. The van der Waals surface area contributed by atoms with Crippen molar-refractivity contribution in [2.24, 2.45) is 18.7 Å². The fourth-order valence-corrected chi connectivity index (χ4v) is 2.47. The maximum absolute atomic E-state index is 12.2. The van der Waals surface area contributed by atoms with Crippen molar-refractivity contribution in [2.75, 3.05) is 13.1 Å². The molecule has 1 unspecified atom stereocenters. The molecule has 17 heavy (non-hydrogen) atoms. The molecule has 1 atom stereocenters. The molecule has 0 bridgehead atoms. The molecule has 1 aliphatic heterocycles. The van der Waals surface area contributed by atoms with Gasteiger partial charge in [0.15, 0.2) is 0 Å². The third-order valence-electron chi connectivity index (χ3n) is 3.73. The third-order valence-corrected chi connectivity index (χ3v) is 3.73. The van der Waals surface area contributed by atoms with Crippen LogP contribution in [0.2, 0.25) is 0 Å². The topological polar surface area (TPSA) is 51.3 Å². The predicted molar refractivity (Wildman–Crippen MR) is 67.7 cm³/mol. The lowest BCUT2D eigenvalue weighted by Crippen LogP contribution is -2.43. The molecule has 1 aromatic rings. The second kappa shape index (κ2) is 4.92. The average molecular weight is 235 g/mol. The maximum atomic E-state index is 12.2. The van der Waals surface area contributed by atoms with Crippen LogP contribution in [0.25, 0.3) is 0 Å². The molecule has 1 aromatic heterocycles. The normalized spacial score (nSPS) is 19.4. The summed E-state index contributed by atoms with van der Waals surface area (Å²) in [6.45, 7) is 3.71. The number of hydrogen-bond donors (Lipinski definition) is 1. The number of carbonyl (C=O) groups is 1. The zero-order valence-electron chi connectivity index (χ0n) is 10.6. The number of nitrogens with zero attached hydrogens (tertiary/aromatic N) is 2. The summed E-state index contributed by atoms with van der Waals surface area (Å²) in [5.74, 6) is 0.702. The van der Waals surface area contributed by atoms with Crippen LogP contribution in [0.4, 0.5) is 0 Å². The van der Waals surface area contributed by atoms with Gasteiger partial charge < -0.3 is 15.2 Å². The molecule has 1 amide bonds. The van der Waals surface area contributed by atoms with Crippen LogP contribution in [-0.2, 0) is 7.05 Å². The fourth-order valence-electron chi connectivity index (χ4n) is 2.47. The Morgan fingerprint density at radius 2 is 2.12 bits per heavy atom. The smallest absolute Gasteiger partial charge is 0.270 e. The standard InChI is InChI=1S/C13H21N3O/c1-10(14)11-5-8-16(9-6-11)13(17)12-4-3-7-15(12)2/h3-4,7,10-11H,5-6,8-9,14H2,1-2H3. The molecule has 0 aromatic carbocycles. The van der Waals surface area contributed by atoms with Gasteiger partial charge in [0.2, 0.25) is 0 Å². The third kappa shape index (κ3) is 2.52. The van der Waals surface area contributed by atoms with Crippen LogP contribution < -0.4 is 5.73 Å². The van der Waals surface area contributed by atoms with Crippen LogP contribution in [0.1, 0.15) is 30.3 Å². The summed E-state index contributed by atoms with van der Waals surface area (Å²) in [6, 6.07) is 4.02. The fraction of sp³-hybridized carbons (Fsp3) is 0.615. The molecular weight excluding hydrogens is 214 g/mol. The number of carbonyl (C=O) groups excluding carboxylic acids is 1. The predicted octanol–water partition coefficient (Wildman–Crippen LogP) is 1.22. The van der Waals surface area contributed by atoms with Crippen LogP contribution >= 0.6 is 0 Å². The Morgan fingerprint density at radius 1 is 1.47 bits per heavy atom. The van der Waals surface area contributed by atoms with Crippen molar-refractivity contribution in [1.29, 1.82) is 0 Å². The highest BCUT2D eigenvalue weighted by molar-refractivity contribution is 5.92. The van der Waals surface area contributed by atoms with Gasteiger partial charge in [-0.25, -0.2) is 0 Å². The molecule has 0 spiro atoms. The van der Waals surface area contributed by atoms with Crippen LogP contribution in [0.15, 0.2) is 18.3 Å². The molecule has 0 saturated carbocycles. The van der Waals surface area contributed by atoms with Gasteiger partial charge in [-0.05, 0) is 37.8 Å². The van der Waals surface area contributed by atoms with E-state index in [1.165, 1.54) is 0 Å². The largest absolute Gasteiger partial charge is 0.347 e. The molecule has 1 aliphatic rings. The van der Waals surface area contributed by atoms with Crippen molar-refractivity contribution >= 4 is 5.91 Å². The van der Waals surface area contributed by atoms with Crippen LogP contribution in [0.5, 0.6) is 0 Å². The van der Waals surface area contributed by atoms with Gasteiger partial charge in [-0.15, -0.1) is 0 Å². The van der Waals surface area contributed by atoms with E-state index >= 15 is 0 Å². The van der Waals surface area contributed by atoms with E-state index in [0.717, 1.165) is 31.6 Å². The van der Waals surface area contributed by atoms with Gasteiger partial charge in [0.1, 0.15) is 5.69 Å². The lowest BCUT2D eigenvalue weighted by atomic mass is 9.91. The van der Waals surface area contributed by atoms with E-state index in [4.69, 9.17) is 5.73 Å². The number of rotatable bonds is 2. The van der Waals surface area contributed by atoms with Gasteiger partial charge >= 0.3 is 0 Å². The van der Waals surface area contributed by atoms with Crippen LogP contribution in [-0.4, -0.2) is 34.5 Å². The molecule has 4 nitrogen and oxygen atoms in total. The van der Waals surface area contributed by atoms with E-state index in [2.05, 4.69) is 6.92 Å². The Kier molecular flexibility index (Phi) is 3.52. The Hall–Kier alpha value is -1.29. The van der Waals surface area contributed by atoms with Crippen LogP contribution in [0.3, 0.4) is 0 Å². The lowest BCUT2D eigenvalue weighted by Gasteiger charge is -2.33.